The van der Waals surface area contributed by atoms with Crippen molar-refractivity contribution in [1.82, 2.24) is 48.1 Å². The zero-order chi connectivity index (χ0) is 47.4. The summed E-state index contributed by atoms with van der Waals surface area (Å²) in [6, 6.07) is -6.65. The quantitative estimate of drug-likeness (QED) is 0.0824. The Kier molecular flexibility index (Phi) is 21.5. The Morgan fingerprint density at radius 2 is 0.984 bits per heavy atom. The first kappa shape index (κ1) is 52.3. The van der Waals surface area contributed by atoms with Crippen molar-refractivity contribution in [2.45, 2.75) is 99.9 Å². The number of nitrogens with two attached hydrogens (primary N) is 2. The van der Waals surface area contributed by atoms with Gasteiger partial charge in [0.1, 0.15) is 48.3 Å². The van der Waals surface area contributed by atoms with Crippen LogP contribution >= 0.6 is 0 Å². The van der Waals surface area contributed by atoms with Gasteiger partial charge in [0.05, 0.1) is 32.3 Å². The van der Waals surface area contributed by atoms with Gasteiger partial charge in [-0.2, -0.15) is 0 Å². The van der Waals surface area contributed by atoms with E-state index in [1.54, 1.807) is 30.3 Å². The Bertz CT molecular complexity index is 1840. The summed E-state index contributed by atoms with van der Waals surface area (Å²) in [6.45, 7) is -2.40. The highest BCUT2D eigenvalue weighted by molar-refractivity contribution is 5.99. The molecular weight excluding hydrogens is 842 g/mol. The van der Waals surface area contributed by atoms with Crippen molar-refractivity contribution in [3.05, 3.63) is 35.9 Å². The topological polar surface area (TPSA) is 449 Å². The van der Waals surface area contributed by atoms with E-state index in [0.717, 1.165) is 6.92 Å². The fourth-order valence-electron chi connectivity index (χ4n) is 5.67. The van der Waals surface area contributed by atoms with Crippen LogP contribution in [0, 0.1) is 0 Å². The summed E-state index contributed by atoms with van der Waals surface area (Å²) < 4.78 is 0. The molecule has 0 radical (unpaired) electrons. The SMILES string of the molecule is C[C@@H](O)[C@@H]1NC(=O)[C@H](CC(N)=O)NC(=O)C(CO)NNC(=O)C(CCC(N)=O)NC(=O)[C@H](Cc2ccccc2)NC(=O)[C@H](CO)NC(=O)[C@H](CCC(=O)O)NC(=O)[C@H](CO)NC1=O. The summed E-state index contributed by atoms with van der Waals surface area (Å²) in [5.41, 5.74) is 15.2. The number of amides is 10. The summed E-state index contributed by atoms with van der Waals surface area (Å²) in [7, 11) is 0. The minimum Gasteiger partial charge on any atom is -0.481 e. The molecule has 27 heteroatoms. The molecule has 0 bridgehead atoms. The predicted molar refractivity (Wildman–Crippen MR) is 211 cm³/mol. The smallest absolute Gasteiger partial charge is 0.303 e. The molecule has 0 spiro atoms. The van der Waals surface area contributed by atoms with Crippen LogP contribution < -0.4 is 59.5 Å². The number of carbonyl (C=O) groups excluding carboxylic acids is 10. The summed E-state index contributed by atoms with van der Waals surface area (Å²) in [5.74, 6) is -13.4. The number of carboxylic acids is 1. The van der Waals surface area contributed by atoms with Crippen LogP contribution in [0.2, 0.25) is 0 Å². The molecule has 27 nitrogen and oxygen atoms in total. The van der Waals surface area contributed by atoms with Gasteiger partial charge in [-0.3, -0.25) is 58.2 Å². The summed E-state index contributed by atoms with van der Waals surface area (Å²) >= 11 is 0. The van der Waals surface area contributed by atoms with Crippen molar-refractivity contribution in [1.29, 1.82) is 0 Å². The van der Waals surface area contributed by atoms with Gasteiger partial charge in [-0.05, 0) is 25.3 Å². The van der Waals surface area contributed by atoms with E-state index in [9.17, 15) is 78.3 Å². The van der Waals surface area contributed by atoms with Crippen LogP contribution in [0.25, 0.3) is 0 Å². The van der Waals surface area contributed by atoms with E-state index >= 15 is 0 Å². The third-order valence-electron chi connectivity index (χ3n) is 9.11. The monoisotopic (exact) mass is 895 g/mol. The Balaban J connectivity index is 2.69. The number of primary amides is 2. The number of carbonyl (C=O) groups is 11. The van der Waals surface area contributed by atoms with Gasteiger partial charge in [0.25, 0.3) is 5.91 Å². The first-order valence-electron chi connectivity index (χ1n) is 19.2. The van der Waals surface area contributed by atoms with Crippen molar-refractivity contribution in [2.24, 2.45) is 11.5 Å². The molecule has 1 aliphatic rings. The van der Waals surface area contributed by atoms with E-state index in [-0.39, 0.29) is 6.42 Å². The zero-order valence-electron chi connectivity index (χ0n) is 33.8. The lowest BCUT2D eigenvalue weighted by Crippen LogP contribution is -2.63. The van der Waals surface area contributed by atoms with E-state index in [0.29, 0.717) is 5.56 Å². The Labute approximate surface area is 358 Å². The Hall–Kier alpha value is -6.81. The number of aliphatic hydroxyl groups is 4. The summed E-state index contributed by atoms with van der Waals surface area (Å²) in [6.07, 6.45) is -5.37. The molecule has 2 rings (SSSR count). The molecule has 1 aromatic carbocycles. The average molecular weight is 896 g/mol. The molecule has 0 saturated carbocycles. The van der Waals surface area contributed by atoms with Crippen molar-refractivity contribution < 1.29 is 78.3 Å². The molecule has 1 fully saturated rings. The van der Waals surface area contributed by atoms with E-state index in [2.05, 4.69) is 42.8 Å². The Morgan fingerprint density at radius 1 is 0.556 bits per heavy atom. The molecule has 348 valence electrons. The second-order valence-corrected chi connectivity index (χ2v) is 14.1. The summed E-state index contributed by atoms with van der Waals surface area (Å²) in [4.78, 5) is 143. The number of aliphatic hydroxyl groups excluding tert-OH is 4. The van der Waals surface area contributed by atoms with Crippen LogP contribution in [0.4, 0.5) is 0 Å². The molecule has 1 aliphatic heterocycles. The number of aliphatic carboxylic acids is 1. The molecule has 0 aliphatic carbocycles. The highest BCUT2D eigenvalue weighted by Gasteiger charge is 2.36. The van der Waals surface area contributed by atoms with Gasteiger partial charge in [-0.15, -0.1) is 0 Å². The van der Waals surface area contributed by atoms with Gasteiger partial charge in [0.15, 0.2) is 0 Å². The van der Waals surface area contributed by atoms with Gasteiger partial charge in [0, 0.05) is 19.3 Å². The molecular formula is C36H53N11O16. The van der Waals surface area contributed by atoms with Crippen LogP contribution in [0.5, 0.6) is 0 Å². The van der Waals surface area contributed by atoms with Crippen LogP contribution in [0.15, 0.2) is 30.3 Å². The fourth-order valence-corrected chi connectivity index (χ4v) is 5.67. The molecule has 18 N–H and O–H groups in total. The number of rotatable bonds is 14. The van der Waals surface area contributed by atoms with Gasteiger partial charge in [0.2, 0.25) is 53.2 Å². The van der Waals surface area contributed by atoms with Crippen LogP contribution in [-0.2, 0) is 59.2 Å². The average Bonchev–Trinajstić information content (AvgIpc) is 3.22. The highest BCUT2D eigenvalue weighted by atomic mass is 16.4. The zero-order valence-corrected chi connectivity index (χ0v) is 33.8. The molecule has 0 aromatic heterocycles. The second kappa shape index (κ2) is 25.8. The number of hydrazine groups is 1. The van der Waals surface area contributed by atoms with E-state index in [1.807, 2.05) is 5.32 Å². The summed E-state index contributed by atoms with van der Waals surface area (Å²) in [5, 5.41) is 65.0. The molecule has 63 heavy (non-hydrogen) atoms. The van der Waals surface area contributed by atoms with Crippen molar-refractivity contribution in [2.75, 3.05) is 19.8 Å². The van der Waals surface area contributed by atoms with Crippen molar-refractivity contribution >= 4 is 65.0 Å². The first-order chi connectivity index (χ1) is 29.7. The molecule has 2 unspecified atom stereocenters. The number of benzene rings is 1. The lowest BCUT2D eigenvalue weighted by Gasteiger charge is -2.27. The van der Waals surface area contributed by atoms with Gasteiger partial charge in [-0.1, -0.05) is 30.3 Å². The van der Waals surface area contributed by atoms with Crippen molar-refractivity contribution in [3.8, 4) is 0 Å². The van der Waals surface area contributed by atoms with E-state index in [4.69, 9.17) is 11.5 Å². The van der Waals surface area contributed by atoms with Gasteiger partial charge in [-0.25, -0.2) is 5.43 Å². The molecule has 1 heterocycles. The van der Waals surface area contributed by atoms with E-state index in [1.165, 1.54) is 0 Å². The minimum atomic E-state index is -1.99. The van der Waals surface area contributed by atoms with E-state index < -0.39 is 171 Å². The van der Waals surface area contributed by atoms with Crippen molar-refractivity contribution in [3.63, 3.8) is 0 Å². The van der Waals surface area contributed by atoms with Gasteiger partial charge >= 0.3 is 5.97 Å². The largest absolute Gasteiger partial charge is 0.481 e. The number of carboxylic acid groups (broad SMARTS) is 1. The lowest BCUT2D eigenvalue weighted by atomic mass is 10.0. The highest BCUT2D eigenvalue weighted by Crippen LogP contribution is 2.08. The number of hydrogen-bond acceptors (Lipinski definition) is 16. The lowest BCUT2D eigenvalue weighted by molar-refractivity contribution is -0.139. The van der Waals surface area contributed by atoms with Crippen LogP contribution in [-0.4, -0.2) is 165 Å². The van der Waals surface area contributed by atoms with Crippen LogP contribution in [0.1, 0.15) is 44.6 Å². The number of nitrogens with one attached hydrogen (secondary N) is 9. The van der Waals surface area contributed by atoms with Gasteiger partial charge < -0.3 is 74.2 Å². The minimum absolute atomic E-state index is 0.277. The Morgan fingerprint density at radius 3 is 1.49 bits per heavy atom. The molecule has 1 aromatic rings. The molecule has 9 atom stereocenters. The maximum atomic E-state index is 13.8. The second-order valence-electron chi connectivity index (χ2n) is 14.1. The maximum absolute atomic E-state index is 13.8. The molecule has 10 amide bonds. The number of hydrogen-bond donors (Lipinski definition) is 16. The van der Waals surface area contributed by atoms with Crippen LogP contribution in [0.3, 0.4) is 0 Å². The standard InChI is InChI=1S/C36H53N11O16/c1-16(51)28-36(63)44-23(14-49)32(59)39-18(8-10-27(54)55)29(56)43-22(13-48)33(60)41-20(11-17-5-3-2-4-6-17)30(57)40-19(7-9-25(37)52)35(62)47-46-24(15-50)34(61)42-21(12-26(38)53)31(58)45-28/h2-6,16,18-24,28,46,48-51H,7-15H2,1H3,(H2,37,52)(H2,38,53)(H,39,59)(H,40,57)(H,41,60)(H,42,61)(H,43,56)(H,44,63)(H,45,58)(H,47,62)(H,54,55)/t16-,18+,19?,20+,21+,22+,23+,24?,28+/m1/s1. The third kappa shape index (κ3) is 17.6. The normalized spacial score (nSPS) is 25.7. The first-order valence-corrected chi connectivity index (χ1v) is 19.2. The molecule has 1 saturated heterocycles. The third-order valence-corrected chi connectivity index (χ3v) is 9.11. The predicted octanol–water partition coefficient (Wildman–Crippen LogP) is -9.01. The fraction of sp³-hybridized carbons (Fsp3) is 0.528. The maximum Gasteiger partial charge on any atom is 0.303 e.